The summed E-state index contributed by atoms with van der Waals surface area (Å²) in [4.78, 5) is 0. The second kappa shape index (κ2) is 14.2. The first kappa shape index (κ1) is 15.2. The molecule has 0 unspecified atom stereocenters. The molecule has 2 radical (unpaired) electrons. The zero-order valence-corrected chi connectivity index (χ0v) is 10.8. The van der Waals surface area contributed by atoms with E-state index < -0.39 is 0 Å². The Labute approximate surface area is 102 Å². The first-order valence-electron chi connectivity index (χ1n) is 6.74. The van der Waals surface area contributed by atoms with Crippen LogP contribution in [-0.4, -0.2) is 0 Å². The van der Waals surface area contributed by atoms with Crippen molar-refractivity contribution in [2.45, 2.75) is 64.7 Å². The lowest BCUT2D eigenvalue weighted by molar-refractivity contribution is 0.577. The molecule has 16 heavy (non-hydrogen) atoms. The maximum absolute atomic E-state index is 6.80. The van der Waals surface area contributed by atoms with Crippen LogP contribution in [0, 0.1) is 6.58 Å². The maximum Gasteiger partial charge on any atom is -0.00990 e. The second-order valence-electron chi connectivity index (χ2n) is 4.24. The van der Waals surface area contributed by atoms with Crippen molar-refractivity contribution in [2.75, 3.05) is 0 Å². The van der Waals surface area contributed by atoms with Gasteiger partial charge >= 0.3 is 0 Å². The molecule has 0 spiro atoms. The van der Waals surface area contributed by atoms with Gasteiger partial charge in [-0.05, 0) is 19.4 Å². The van der Waals surface area contributed by atoms with Gasteiger partial charge in [-0.2, -0.15) is 0 Å². The smallest absolute Gasteiger partial charge is 0.00990 e. The van der Waals surface area contributed by atoms with Crippen LogP contribution in [0.15, 0.2) is 30.4 Å². The van der Waals surface area contributed by atoms with Crippen molar-refractivity contribution in [3.8, 4) is 0 Å². The van der Waals surface area contributed by atoms with Gasteiger partial charge in [0, 0.05) is 0 Å². The fraction of sp³-hybridized carbons (Fsp3) is 0.625. The molecule has 90 valence electrons. The maximum atomic E-state index is 6.80. The van der Waals surface area contributed by atoms with E-state index in [0.29, 0.717) is 0 Å². The Morgan fingerprint density at radius 1 is 0.750 bits per heavy atom. The highest BCUT2D eigenvalue weighted by molar-refractivity contribution is 5.07. The molecule has 0 aliphatic heterocycles. The molecule has 0 nitrogen and oxygen atoms in total. The average molecular weight is 218 g/mol. The topological polar surface area (TPSA) is 0 Å². The molecule has 0 bridgehead atoms. The Kier molecular flexibility index (Phi) is 13.5. The van der Waals surface area contributed by atoms with E-state index in [1.54, 1.807) is 6.08 Å². The minimum atomic E-state index is 1.18. The highest BCUT2D eigenvalue weighted by Crippen LogP contribution is 2.09. The largest absolute Gasteiger partial charge is 0.0845 e. The van der Waals surface area contributed by atoms with Gasteiger partial charge in [-0.1, -0.05) is 82.2 Å². The third kappa shape index (κ3) is 13.2. The summed E-state index contributed by atoms with van der Waals surface area (Å²) in [5, 5.41) is 0. The summed E-state index contributed by atoms with van der Waals surface area (Å²) < 4.78 is 0. The van der Waals surface area contributed by atoms with Crippen LogP contribution in [0.4, 0.5) is 0 Å². The van der Waals surface area contributed by atoms with Crippen LogP contribution in [0.25, 0.3) is 0 Å². The Morgan fingerprint density at radius 3 is 2.00 bits per heavy atom. The highest BCUT2D eigenvalue weighted by Gasteiger charge is 1.89. The van der Waals surface area contributed by atoms with Gasteiger partial charge in [-0.15, -0.1) is 0 Å². The molecule has 0 fully saturated rings. The Balaban J connectivity index is 3.06. The average Bonchev–Trinajstić information content (AvgIpc) is 2.31. The minimum Gasteiger partial charge on any atom is -0.0845 e. The van der Waals surface area contributed by atoms with Crippen molar-refractivity contribution >= 4 is 0 Å². The molecule has 0 saturated heterocycles. The number of rotatable bonds is 11. The van der Waals surface area contributed by atoms with Gasteiger partial charge in [0.05, 0.1) is 0 Å². The summed E-state index contributed by atoms with van der Waals surface area (Å²) >= 11 is 0. The lowest BCUT2D eigenvalue weighted by atomic mass is 10.1. The molecule has 0 aromatic heterocycles. The lowest BCUT2D eigenvalue weighted by Crippen LogP contribution is -1.79. The van der Waals surface area contributed by atoms with Crippen LogP contribution in [0.1, 0.15) is 64.7 Å². The van der Waals surface area contributed by atoms with Crippen LogP contribution in [0.2, 0.25) is 0 Å². The highest BCUT2D eigenvalue weighted by atomic mass is 14.0. The van der Waals surface area contributed by atoms with Crippen molar-refractivity contribution in [1.29, 1.82) is 0 Å². The van der Waals surface area contributed by atoms with Crippen LogP contribution < -0.4 is 0 Å². The molecular formula is C16H26. The monoisotopic (exact) mass is 218 g/mol. The lowest BCUT2D eigenvalue weighted by Gasteiger charge is -1.99. The van der Waals surface area contributed by atoms with Crippen molar-refractivity contribution in [2.24, 2.45) is 0 Å². The number of hydrogen-bond donors (Lipinski definition) is 0. The van der Waals surface area contributed by atoms with E-state index in [9.17, 15) is 0 Å². The quantitative estimate of drug-likeness (QED) is 0.317. The summed E-state index contributed by atoms with van der Waals surface area (Å²) in [7, 11) is 0. The number of allylic oxidation sites excluding steroid dienone is 5. The Hall–Kier alpha value is -0.780. The zero-order chi connectivity index (χ0) is 11.9. The molecule has 0 atom stereocenters. The molecule has 0 amide bonds. The predicted molar refractivity (Wildman–Crippen MR) is 73.3 cm³/mol. The van der Waals surface area contributed by atoms with Crippen LogP contribution in [0.5, 0.6) is 0 Å². The molecule has 0 rings (SSSR count). The van der Waals surface area contributed by atoms with Gasteiger partial charge in [0.2, 0.25) is 0 Å². The van der Waals surface area contributed by atoms with E-state index in [4.69, 9.17) is 6.58 Å². The summed E-state index contributed by atoms with van der Waals surface area (Å²) in [5.41, 5.74) is 0. The van der Waals surface area contributed by atoms with Crippen molar-refractivity contribution in [3.05, 3.63) is 37.0 Å². The third-order valence-corrected chi connectivity index (χ3v) is 2.68. The molecular weight excluding hydrogens is 192 g/mol. The van der Waals surface area contributed by atoms with Gasteiger partial charge < -0.3 is 0 Å². The predicted octanol–water partition coefficient (Wildman–Crippen LogP) is 5.50. The standard InChI is InChI=1S/C16H26/c1-3-5-7-9-11-13-15-16-14-12-10-8-6-4-2/h4,6,8,10,12H,3,5,7,9,11,13-16H2,1H3. The van der Waals surface area contributed by atoms with Gasteiger partial charge in [0.1, 0.15) is 0 Å². The SMILES string of the molecule is [C]=CC=CC=CCCCCCCCCCC. The molecule has 0 aliphatic rings. The first-order chi connectivity index (χ1) is 7.91. The van der Waals surface area contributed by atoms with Gasteiger partial charge in [0.15, 0.2) is 0 Å². The summed E-state index contributed by atoms with van der Waals surface area (Å²) in [6.07, 6.45) is 21.4. The number of unbranched alkanes of at least 4 members (excludes halogenated alkanes) is 8. The molecule has 0 aromatic rings. The van der Waals surface area contributed by atoms with Gasteiger partial charge in [0.25, 0.3) is 0 Å². The molecule has 0 N–H and O–H groups in total. The zero-order valence-electron chi connectivity index (χ0n) is 10.8. The molecule has 0 heteroatoms. The molecule has 0 heterocycles. The Bertz CT molecular complexity index is 186. The number of hydrogen-bond acceptors (Lipinski definition) is 0. The molecule has 0 aliphatic carbocycles. The van der Waals surface area contributed by atoms with Gasteiger partial charge in [-0.25, -0.2) is 0 Å². The van der Waals surface area contributed by atoms with Crippen molar-refractivity contribution < 1.29 is 0 Å². The van der Waals surface area contributed by atoms with Crippen LogP contribution in [-0.2, 0) is 0 Å². The van der Waals surface area contributed by atoms with E-state index in [-0.39, 0.29) is 0 Å². The fourth-order valence-corrected chi connectivity index (χ4v) is 1.69. The summed E-state index contributed by atoms with van der Waals surface area (Å²) in [5.74, 6) is 0. The summed E-state index contributed by atoms with van der Waals surface area (Å²) in [6, 6.07) is 0. The van der Waals surface area contributed by atoms with E-state index in [1.165, 1.54) is 63.9 Å². The molecule has 0 aromatic carbocycles. The Morgan fingerprint density at radius 2 is 1.38 bits per heavy atom. The first-order valence-corrected chi connectivity index (χ1v) is 6.74. The summed E-state index contributed by atoms with van der Waals surface area (Å²) in [6.45, 7) is 9.06. The normalized spacial score (nSPS) is 11.6. The third-order valence-electron chi connectivity index (χ3n) is 2.68. The van der Waals surface area contributed by atoms with E-state index in [1.807, 2.05) is 12.2 Å². The van der Waals surface area contributed by atoms with E-state index >= 15 is 0 Å². The second-order valence-corrected chi connectivity index (χ2v) is 4.24. The molecule has 0 saturated carbocycles. The van der Waals surface area contributed by atoms with Crippen LogP contribution in [0.3, 0.4) is 0 Å². The fourth-order valence-electron chi connectivity index (χ4n) is 1.69. The van der Waals surface area contributed by atoms with Gasteiger partial charge in [-0.3, -0.25) is 0 Å². The van der Waals surface area contributed by atoms with Crippen LogP contribution >= 0.6 is 0 Å². The van der Waals surface area contributed by atoms with Crippen molar-refractivity contribution in [1.82, 2.24) is 0 Å². The minimum absolute atomic E-state index is 1.18. The van der Waals surface area contributed by atoms with E-state index in [2.05, 4.69) is 13.0 Å². The van der Waals surface area contributed by atoms with Crippen molar-refractivity contribution in [3.63, 3.8) is 0 Å². The van der Waals surface area contributed by atoms with E-state index in [0.717, 1.165) is 0 Å².